The summed E-state index contributed by atoms with van der Waals surface area (Å²) in [4.78, 5) is 39.5. The number of primary amides is 1. The summed E-state index contributed by atoms with van der Waals surface area (Å²) >= 11 is 1.34. The van der Waals surface area contributed by atoms with Crippen LogP contribution in [0.2, 0.25) is 0 Å². The molecule has 3 N–H and O–H groups in total. The molecule has 4 aromatic rings. The van der Waals surface area contributed by atoms with Gasteiger partial charge in [-0.3, -0.25) is 19.1 Å². The van der Waals surface area contributed by atoms with Gasteiger partial charge >= 0.3 is 5.69 Å². The van der Waals surface area contributed by atoms with Crippen molar-refractivity contribution < 1.29 is 4.79 Å². The van der Waals surface area contributed by atoms with Crippen molar-refractivity contribution in [2.45, 2.75) is 19.4 Å². The van der Waals surface area contributed by atoms with Gasteiger partial charge in [0.1, 0.15) is 4.83 Å². The topological polar surface area (TPSA) is 97.9 Å². The Hall–Kier alpha value is -3.19. The van der Waals surface area contributed by atoms with E-state index in [4.69, 9.17) is 5.73 Å². The molecular weight excluding hydrogens is 362 g/mol. The van der Waals surface area contributed by atoms with Crippen molar-refractivity contribution in [3.8, 4) is 11.1 Å². The van der Waals surface area contributed by atoms with Gasteiger partial charge < -0.3 is 5.73 Å². The molecule has 27 heavy (non-hydrogen) atoms. The number of fused-ring (bicyclic) bond motifs is 2. The minimum absolute atomic E-state index is 0.130. The number of carbonyl (C=O) groups excluding carboxylic acids is 1. The Morgan fingerprint density at radius 1 is 1.11 bits per heavy atom. The molecule has 0 atom stereocenters. The molecule has 0 unspecified atom stereocenters. The molecule has 2 aromatic carbocycles. The van der Waals surface area contributed by atoms with E-state index in [1.54, 1.807) is 0 Å². The van der Waals surface area contributed by atoms with Gasteiger partial charge in [-0.1, -0.05) is 36.4 Å². The minimum Gasteiger partial charge on any atom is -0.370 e. The molecule has 0 saturated carbocycles. The molecule has 4 rings (SSSR count). The molecule has 0 aliphatic carbocycles. The van der Waals surface area contributed by atoms with E-state index < -0.39 is 11.6 Å². The highest BCUT2D eigenvalue weighted by atomic mass is 32.1. The van der Waals surface area contributed by atoms with Crippen LogP contribution >= 0.6 is 11.3 Å². The number of nitrogens with zero attached hydrogens (tertiary/aromatic N) is 1. The number of nitrogens with one attached hydrogen (secondary N) is 1. The molecule has 2 heterocycles. The quantitative estimate of drug-likeness (QED) is 0.558. The van der Waals surface area contributed by atoms with Gasteiger partial charge in [0.2, 0.25) is 5.91 Å². The minimum atomic E-state index is -0.469. The van der Waals surface area contributed by atoms with Gasteiger partial charge in [0.25, 0.3) is 5.56 Å². The van der Waals surface area contributed by atoms with Crippen molar-refractivity contribution in [3.05, 3.63) is 68.7 Å². The van der Waals surface area contributed by atoms with Gasteiger partial charge in [0.15, 0.2) is 0 Å². The number of benzene rings is 2. The summed E-state index contributed by atoms with van der Waals surface area (Å²) in [6.45, 7) is 0.153. The molecule has 0 fully saturated rings. The lowest BCUT2D eigenvalue weighted by atomic mass is 10.0. The second-order valence-corrected chi connectivity index (χ2v) is 7.25. The largest absolute Gasteiger partial charge is 0.370 e. The fraction of sp³-hybridized carbons (Fsp3) is 0.150. The summed E-state index contributed by atoms with van der Waals surface area (Å²) in [5.74, 6) is -0.451. The highest BCUT2D eigenvalue weighted by Gasteiger charge is 2.15. The number of amides is 1. The first-order valence-electron chi connectivity index (χ1n) is 8.56. The highest BCUT2D eigenvalue weighted by Crippen LogP contribution is 2.32. The van der Waals surface area contributed by atoms with Crippen molar-refractivity contribution in [1.29, 1.82) is 0 Å². The zero-order valence-corrected chi connectivity index (χ0v) is 15.2. The Morgan fingerprint density at radius 3 is 2.67 bits per heavy atom. The van der Waals surface area contributed by atoms with E-state index in [-0.39, 0.29) is 18.5 Å². The molecule has 2 aromatic heterocycles. The Bertz CT molecular complexity index is 1280. The van der Waals surface area contributed by atoms with Crippen molar-refractivity contribution in [2.24, 2.45) is 5.73 Å². The SMILES string of the molecule is NC(=O)CCCn1c(=O)[nH]c2scc(-c3ccc4ccccc4c3)c2c1=O. The lowest BCUT2D eigenvalue weighted by Gasteiger charge is -2.06. The maximum absolute atomic E-state index is 13.0. The highest BCUT2D eigenvalue weighted by molar-refractivity contribution is 7.17. The van der Waals surface area contributed by atoms with Crippen LogP contribution < -0.4 is 17.0 Å². The number of hydrogen-bond donors (Lipinski definition) is 2. The van der Waals surface area contributed by atoms with E-state index in [1.165, 1.54) is 11.3 Å². The molecule has 0 spiro atoms. The van der Waals surface area contributed by atoms with Crippen molar-refractivity contribution >= 4 is 38.2 Å². The molecule has 1 amide bonds. The summed E-state index contributed by atoms with van der Waals surface area (Å²) in [6, 6.07) is 14.1. The molecule has 136 valence electrons. The number of carbonyl (C=O) groups is 1. The second kappa shape index (κ2) is 6.85. The van der Waals surface area contributed by atoms with Crippen LogP contribution in [-0.2, 0) is 11.3 Å². The summed E-state index contributed by atoms with van der Waals surface area (Å²) in [6.07, 6.45) is 0.477. The number of nitrogens with two attached hydrogens (primary N) is 1. The third-order valence-corrected chi connectivity index (χ3v) is 5.48. The van der Waals surface area contributed by atoms with Crippen LogP contribution in [0.1, 0.15) is 12.8 Å². The Balaban J connectivity index is 1.85. The monoisotopic (exact) mass is 379 g/mol. The van der Waals surface area contributed by atoms with Crippen LogP contribution in [0.5, 0.6) is 0 Å². The van der Waals surface area contributed by atoms with Crippen LogP contribution in [0.15, 0.2) is 57.4 Å². The Kier molecular flexibility index (Phi) is 4.37. The molecule has 0 bridgehead atoms. The number of hydrogen-bond acceptors (Lipinski definition) is 4. The third kappa shape index (κ3) is 3.17. The second-order valence-electron chi connectivity index (χ2n) is 6.37. The lowest BCUT2D eigenvalue weighted by molar-refractivity contribution is -0.118. The van der Waals surface area contributed by atoms with E-state index >= 15 is 0 Å². The van der Waals surface area contributed by atoms with Crippen LogP contribution in [-0.4, -0.2) is 15.5 Å². The van der Waals surface area contributed by atoms with Gasteiger partial charge in [-0.15, -0.1) is 11.3 Å². The number of thiophene rings is 1. The van der Waals surface area contributed by atoms with Crippen LogP contribution in [0, 0.1) is 0 Å². The standard InChI is InChI=1S/C20H17N3O3S/c21-16(24)6-3-9-23-19(25)17-15(11-27-18(17)22-20(23)26)14-8-7-12-4-1-2-5-13(12)10-14/h1-2,4-5,7-8,10-11H,3,6,9H2,(H2,21,24)(H,22,26). The van der Waals surface area contributed by atoms with Crippen molar-refractivity contribution in [2.75, 3.05) is 0 Å². The van der Waals surface area contributed by atoms with Gasteiger partial charge in [-0.25, -0.2) is 4.79 Å². The first-order chi connectivity index (χ1) is 13.0. The van der Waals surface area contributed by atoms with Crippen LogP contribution in [0.4, 0.5) is 0 Å². The molecule has 7 heteroatoms. The van der Waals surface area contributed by atoms with Crippen molar-refractivity contribution in [1.82, 2.24) is 9.55 Å². The summed E-state index contributed by atoms with van der Waals surface area (Å²) in [7, 11) is 0. The Labute approximate surface area is 157 Å². The van der Waals surface area contributed by atoms with E-state index in [0.717, 1.165) is 26.5 Å². The van der Waals surface area contributed by atoms with E-state index in [2.05, 4.69) is 4.98 Å². The third-order valence-electron chi connectivity index (χ3n) is 4.58. The molecule has 0 aliphatic rings. The van der Waals surface area contributed by atoms with E-state index in [0.29, 0.717) is 16.6 Å². The van der Waals surface area contributed by atoms with Gasteiger partial charge in [0.05, 0.1) is 5.39 Å². The number of aromatic nitrogens is 2. The molecular formula is C20H17N3O3S. The number of H-pyrrole nitrogens is 1. The van der Waals surface area contributed by atoms with Crippen LogP contribution in [0.3, 0.4) is 0 Å². The first kappa shape index (κ1) is 17.2. The first-order valence-corrected chi connectivity index (χ1v) is 9.44. The van der Waals surface area contributed by atoms with Gasteiger partial charge in [-0.05, 0) is 28.8 Å². The summed E-state index contributed by atoms with van der Waals surface area (Å²) < 4.78 is 1.14. The summed E-state index contributed by atoms with van der Waals surface area (Å²) in [5, 5.41) is 4.59. The maximum atomic E-state index is 13.0. The smallest absolute Gasteiger partial charge is 0.329 e. The van der Waals surface area contributed by atoms with E-state index in [9.17, 15) is 14.4 Å². The number of rotatable bonds is 5. The molecule has 0 aliphatic heterocycles. The van der Waals surface area contributed by atoms with E-state index in [1.807, 2.05) is 47.8 Å². The van der Waals surface area contributed by atoms with Gasteiger partial charge in [0, 0.05) is 23.9 Å². The maximum Gasteiger partial charge on any atom is 0.329 e. The zero-order valence-electron chi connectivity index (χ0n) is 14.4. The average molecular weight is 379 g/mol. The predicted octanol–water partition coefficient (Wildman–Crippen LogP) is 2.84. The average Bonchev–Trinajstić information content (AvgIpc) is 3.07. The fourth-order valence-corrected chi connectivity index (χ4v) is 4.19. The number of aromatic amines is 1. The fourth-order valence-electron chi connectivity index (χ4n) is 3.24. The summed E-state index contributed by atoms with van der Waals surface area (Å²) in [5.41, 5.74) is 6.05. The zero-order chi connectivity index (χ0) is 19.0. The van der Waals surface area contributed by atoms with Gasteiger partial charge in [-0.2, -0.15) is 0 Å². The van der Waals surface area contributed by atoms with Crippen LogP contribution in [0.25, 0.3) is 32.1 Å². The predicted molar refractivity (Wildman–Crippen MR) is 108 cm³/mol. The van der Waals surface area contributed by atoms with Crippen molar-refractivity contribution in [3.63, 3.8) is 0 Å². The molecule has 0 saturated heterocycles. The molecule has 6 nitrogen and oxygen atoms in total. The lowest BCUT2D eigenvalue weighted by Crippen LogP contribution is -2.35. The molecule has 0 radical (unpaired) electrons. The normalized spacial score (nSPS) is 11.3. The Morgan fingerprint density at radius 2 is 1.89 bits per heavy atom.